The molecule has 0 aliphatic rings. The van der Waals surface area contributed by atoms with Gasteiger partial charge in [0.05, 0.1) is 24.2 Å². The van der Waals surface area contributed by atoms with Crippen LogP contribution in [0.1, 0.15) is 25.6 Å². The number of rotatable bonds is 4. The van der Waals surface area contributed by atoms with E-state index in [9.17, 15) is 14.0 Å². The van der Waals surface area contributed by atoms with Crippen LogP contribution in [0.4, 0.5) is 4.39 Å². The number of aryl methyl sites for hydroxylation is 1. The molecule has 0 N–H and O–H groups in total. The van der Waals surface area contributed by atoms with E-state index in [0.717, 1.165) is 4.68 Å². The minimum absolute atomic E-state index is 0.215. The smallest absolute Gasteiger partial charge is 0.330 e. The number of aromatic nitrogens is 4. The van der Waals surface area contributed by atoms with E-state index in [2.05, 4.69) is 10.2 Å². The van der Waals surface area contributed by atoms with Crippen molar-refractivity contribution in [2.75, 3.05) is 6.61 Å². The van der Waals surface area contributed by atoms with Crippen molar-refractivity contribution in [1.82, 2.24) is 19.6 Å². The normalized spacial score (nSPS) is 12.3. The zero-order chi connectivity index (χ0) is 18.1. The summed E-state index contributed by atoms with van der Waals surface area (Å²) in [7, 11) is 0. The van der Waals surface area contributed by atoms with Gasteiger partial charge in [-0.3, -0.25) is 4.79 Å². The second-order valence-corrected chi connectivity index (χ2v) is 5.56. The molecular formula is C17H17FN4O3. The van der Waals surface area contributed by atoms with Gasteiger partial charge in [0.2, 0.25) is 0 Å². The number of halogens is 1. The monoisotopic (exact) mass is 344 g/mol. The van der Waals surface area contributed by atoms with Gasteiger partial charge in [0.15, 0.2) is 6.04 Å². The molecule has 7 nitrogen and oxygen atoms in total. The highest BCUT2D eigenvalue weighted by Gasteiger charge is 2.23. The summed E-state index contributed by atoms with van der Waals surface area (Å²) < 4.78 is 20.6. The lowest BCUT2D eigenvalue weighted by atomic mass is 10.2. The average molecular weight is 344 g/mol. The van der Waals surface area contributed by atoms with Crippen molar-refractivity contribution in [2.24, 2.45) is 0 Å². The molecule has 0 spiro atoms. The number of ether oxygens (including phenoxy) is 1. The van der Waals surface area contributed by atoms with Crippen molar-refractivity contribution in [1.29, 1.82) is 0 Å². The summed E-state index contributed by atoms with van der Waals surface area (Å²) >= 11 is 0. The Balaban J connectivity index is 2.21. The van der Waals surface area contributed by atoms with Crippen LogP contribution in [0, 0.1) is 12.7 Å². The molecular weight excluding hydrogens is 327 g/mol. The van der Waals surface area contributed by atoms with Crippen molar-refractivity contribution in [2.45, 2.75) is 26.8 Å². The van der Waals surface area contributed by atoms with Crippen molar-refractivity contribution in [3.8, 4) is 5.69 Å². The number of nitrogens with zero attached hydrogens (tertiary/aromatic N) is 4. The van der Waals surface area contributed by atoms with Crippen LogP contribution in [0.25, 0.3) is 16.6 Å². The Kier molecular flexibility index (Phi) is 4.35. The van der Waals surface area contributed by atoms with Crippen LogP contribution in [0.5, 0.6) is 0 Å². The molecule has 0 aliphatic carbocycles. The van der Waals surface area contributed by atoms with Gasteiger partial charge in [-0.1, -0.05) is 0 Å². The molecule has 0 radical (unpaired) electrons. The molecule has 3 aromatic rings. The molecule has 25 heavy (non-hydrogen) atoms. The van der Waals surface area contributed by atoms with Crippen LogP contribution in [0.15, 0.2) is 35.3 Å². The lowest BCUT2D eigenvalue weighted by molar-refractivity contribution is -0.147. The summed E-state index contributed by atoms with van der Waals surface area (Å²) in [5.74, 6) is -0.921. The number of benzene rings is 1. The Morgan fingerprint density at radius 2 is 2.00 bits per heavy atom. The van der Waals surface area contributed by atoms with Gasteiger partial charge < -0.3 is 4.74 Å². The second kappa shape index (κ2) is 6.46. The Labute approximate surface area is 142 Å². The highest BCUT2D eigenvalue weighted by Crippen LogP contribution is 2.18. The minimum atomic E-state index is -0.868. The third kappa shape index (κ3) is 2.90. The molecule has 0 saturated heterocycles. The van der Waals surface area contributed by atoms with Gasteiger partial charge in [-0.15, -0.1) is 0 Å². The molecule has 2 aromatic heterocycles. The molecule has 0 saturated carbocycles. The fraction of sp³-hybridized carbons (Fsp3) is 0.294. The summed E-state index contributed by atoms with van der Waals surface area (Å²) in [5.41, 5.74) is 0.895. The summed E-state index contributed by atoms with van der Waals surface area (Å²) in [4.78, 5) is 24.9. The highest BCUT2D eigenvalue weighted by molar-refractivity contribution is 5.82. The van der Waals surface area contributed by atoms with Crippen molar-refractivity contribution in [3.05, 3.63) is 52.3 Å². The molecule has 1 unspecified atom stereocenters. The van der Waals surface area contributed by atoms with E-state index in [1.807, 2.05) is 0 Å². The van der Waals surface area contributed by atoms with Crippen molar-refractivity contribution >= 4 is 16.9 Å². The maximum absolute atomic E-state index is 13.2. The molecule has 1 aromatic carbocycles. The van der Waals surface area contributed by atoms with Gasteiger partial charge in [0.25, 0.3) is 5.56 Å². The molecule has 0 bridgehead atoms. The predicted octanol–water partition coefficient (Wildman–Crippen LogP) is 2.15. The van der Waals surface area contributed by atoms with Crippen LogP contribution >= 0.6 is 0 Å². The van der Waals surface area contributed by atoms with Crippen LogP contribution in [-0.4, -0.2) is 32.1 Å². The molecule has 1 atom stereocenters. The first-order valence-corrected chi connectivity index (χ1v) is 7.83. The predicted molar refractivity (Wildman–Crippen MR) is 89.2 cm³/mol. The van der Waals surface area contributed by atoms with Gasteiger partial charge in [-0.2, -0.15) is 10.2 Å². The zero-order valence-corrected chi connectivity index (χ0v) is 14.1. The van der Waals surface area contributed by atoms with Gasteiger partial charge in [0.1, 0.15) is 11.3 Å². The topological polar surface area (TPSA) is 79.0 Å². The lowest BCUT2D eigenvalue weighted by Gasteiger charge is -2.14. The molecule has 0 fully saturated rings. The number of hydrogen-bond donors (Lipinski definition) is 0. The van der Waals surface area contributed by atoms with Gasteiger partial charge in [-0.25, -0.2) is 18.5 Å². The van der Waals surface area contributed by atoms with Crippen LogP contribution < -0.4 is 5.56 Å². The van der Waals surface area contributed by atoms with E-state index < -0.39 is 17.6 Å². The first-order chi connectivity index (χ1) is 11.9. The van der Waals surface area contributed by atoms with E-state index in [1.165, 1.54) is 35.1 Å². The maximum atomic E-state index is 13.2. The van der Waals surface area contributed by atoms with Crippen LogP contribution in [-0.2, 0) is 9.53 Å². The molecule has 130 valence electrons. The number of carbonyl (C=O) groups excluding carboxylic acids is 1. The number of esters is 1. The standard InChI is InChI=1S/C17H17FN4O3/c1-4-25-17(24)11(3)21-16(23)15-14(10(2)20-21)9-19-22(15)13-7-5-12(18)6-8-13/h5-9,11H,4H2,1-3H3. The number of hydrogen-bond acceptors (Lipinski definition) is 5. The van der Waals surface area contributed by atoms with E-state index in [1.54, 1.807) is 20.8 Å². The Morgan fingerprint density at radius 1 is 1.32 bits per heavy atom. The zero-order valence-electron chi connectivity index (χ0n) is 14.1. The molecule has 0 amide bonds. The quantitative estimate of drug-likeness (QED) is 0.678. The third-order valence-corrected chi connectivity index (χ3v) is 3.89. The fourth-order valence-corrected chi connectivity index (χ4v) is 2.59. The summed E-state index contributed by atoms with van der Waals surface area (Å²) in [5, 5.41) is 9.01. The summed E-state index contributed by atoms with van der Waals surface area (Å²) in [6, 6.07) is 4.76. The van der Waals surface area contributed by atoms with E-state index >= 15 is 0 Å². The summed E-state index contributed by atoms with van der Waals surface area (Å²) in [6.45, 7) is 5.19. The van der Waals surface area contributed by atoms with Crippen molar-refractivity contribution in [3.63, 3.8) is 0 Å². The second-order valence-electron chi connectivity index (χ2n) is 5.56. The molecule has 3 rings (SSSR count). The minimum Gasteiger partial charge on any atom is -0.464 e. The molecule has 2 heterocycles. The van der Waals surface area contributed by atoms with Gasteiger partial charge in [0, 0.05) is 5.39 Å². The number of carbonyl (C=O) groups is 1. The lowest BCUT2D eigenvalue weighted by Crippen LogP contribution is -2.32. The highest BCUT2D eigenvalue weighted by atomic mass is 19.1. The van der Waals surface area contributed by atoms with E-state index in [-0.39, 0.29) is 17.9 Å². The Bertz CT molecular complexity index is 992. The fourth-order valence-electron chi connectivity index (χ4n) is 2.59. The van der Waals surface area contributed by atoms with E-state index in [0.29, 0.717) is 16.8 Å². The van der Waals surface area contributed by atoms with Gasteiger partial charge in [-0.05, 0) is 45.0 Å². The SMILES string of the molecule is CCOC(=O)C(C)n1nc(C)c2cnn(-c3ccc(F)cc3)c2c1=O. The first kappa shape index (κ1) is 16.8. The molecule has 8 heteroatoms. The number of fused-ring (bicyclic) bond motifs is 1. The van der Waals surface area contributed by atoms with E-state index in [4.69, 9.17) is 4.74 Å². The average Bonchev–Trinajstić information content (AvgIpc) is 3.04. The van der Waals surface area contributed by atoms with Gasteiger partial charge >= 0.3 is 5.97 Å². The van der Waals surface area contributed by atoms with Crippen molar-refractivity contribution < 1.29 is 13.9 Å². The Hall–Kier alpha value is -3.03. The van der Waals surface area contributed by atoms with Crippen LogP contribution in [0.3, 0.4) is 0 Å². The Morgan fingerprint density at radius 3 is 2.64 bits per heavy atom. The molecule has 0 aliphatic heterocycles. The van der Waals surface area contributed by atoms with Crippen LogP contribution in [0.2, 0.25) is 0 Å². The first-order valence-electron chi connectivity index (χ1n) is 7.83. The third-order valence-electron chi connectivity index (χ3n) is 3.89. The largest absolute Gasteiger partial charge is 0.464 e. The maximum Gasteiger partial charge on any atom is 0.330 e. The summed E-state index contributed by atoms with van der Waals surface area (Å²) in [6.07, 6.45) is 1.53.